The summed E-state index contributed by atoms with van der Waals surface area (Å²) in [4.78, 5) is 36.3. The van der Waals surface area contributed by atoms with Crippen LogP contribution >= 0.6 is 0 Å². The molecule has 0 aliphatic carbocycles. The van der Waals surface area contributed by atoms with Gasteiger partial charge in [0, 0.05) is 6.54 Å². The molecular weight excluding hydrogens is 274 g/mol. The van der Waals surface area contributed by atoms with Crippen LogP contribution in [-0.4, -0.2) is 46.5 Å². The summed E-state index contributed by atoms with van der Waals surface area (Å²) in [6.07, 6.45) is 2.12. The molecule has 0 aromatic heterocycles. The zero-order valence-electron chi connectivity index (χ0n) is 12.8. The Morgan fingerprint density at radius 2 is 2.00 bits per heavy atom. The Balaban J connectivity index is 2.79. The molecule has 1 aliphatic rings. The van der Waals surface area contributed by atoms with Crippen LogP contribution in [0.3, 0.4) is 0 Å². The lowest BCUT2D eigenvalue weighted by Gasteiger charge is -2.37. The zero-order chi connectivity index (χ0) is 16.2. The fraction of sp³-hybridized carbons (Fsp3) is 0.786. The second-order valence-corrected chi connectivity index (χ2v) is 5.92. The normalized spacial score (nSPS) is 23.7. The van der Waals surface area contributed by atoms with Gasteiger partial charge in [-0.3, -0.25) is 4.79 Å². The van der Waals surface area contributed by atoms with Crippen LogP contribution in [0.5, 0.6) is 0 Å². The lowest BCUT2D eigenvalue weighted by atomic mass is 9.89. The lowest BCUT2D eigenvalue weighted by molar-refractivity contribution is -0.144. The van der Waals surface area contributed by atoms with Crippen LogP contribution in [0.2, 0.25) is 0 Å². The van der Waals surface area contributed by atoms with Crippen LogP contribution < -0.4 is 11.1 Å². The van der Waals surface area contributed by atoms with Crippen molar-refractivity contribution in [3.05, 3.63) is 0 Å². The number of nitrogens with zero attached hydrogens (tertiary/aromatic N) is 1. The monoisotopic (exact) mass is 299 g/mol. The highest BCUT2D eigenvalue weighted by Crippen LogP contribution is 2.25. The van der Waals surface area contributed by atoms with Crippen LogP contribution in [0.4, 0.5) is 4.79 Å². The predicted octanol–water partition coefficient (Wildman–Crippen LogP) is 0.781. The molecule has 120 valence electrons. The number of hydrogen-bond acceptors (Lipinski definition) is 3. The van der Waals surface area contributed by atoms with Gasteiger partial charge in [0.25, 0.3) is 0 Å². The summed E-state index contributed by atoms with van der Waals surface area (Å²) >= 11 is 0. The van der Waals surface area contributed by atoms with Crippen molar-refractivity contribution in [1.82, 2.24) is 10.2 Å². The van der Waals surface area contributed by atoms with E-state index < -0.39 is 30.0 Å². The number of piperidine rings is 1. The number of rotatable bonds is 5. The summed E-state index contributed by atoms with van der Waals surface area (Å²) < 4.78 is 0. The molecule has 1 aliphatic heterocycles. The van der Waals surface area contributed by atoms with E-state index in [1.54, 1.807) is 13.8 Å². The molecule has 0 bridgehead atoms. The standard InChI is InChI=1S/C14H25N3O4/c1-4-9-5-6-17(10(7-9)13(19)20)14(21)16-11(8(2)3)12(15)18/h8-11H,4-7H2,1-3H3,(H2,15,18)(H,16,21)(H,19,20). The molecule has 1 heterocycles. The average Bonchev–Trinajstić information content (AvgIpc) is 2.42. The number of amides is 3. The van der Waals surface area contributed by atoms with Gasteiger partial charge in [-0.25, -0.2) is 9.59 Å². The number of carbonyl (C=O) groups is 3. The molecule has 0 aromatic rings. The molecule has 4 N–H and O–H groups in total. The zero-order valence-corrected chi connectivity index (χ0v) is 12.8. The summed E-state index contributed by atoms with van der Waals surface area (Å²) in [6, 6.07) is -2.17. The molecule has 3 atom stereocenters. The Bertz CT molecular complexity index is 411. The fourth-order valence-electron chi connectivity index (χ4n) is 2.67. The number of aliphatic carboxylic acids is 1. The van der Waals surface area contributed by atoms with Crippen molar-refractivity contribution in [2.45, 2.75) is 52.1 Å². The van der Waals surface area contributed by atoms with Crippen LogP contribution in [-0.2, 0) is 9.59 Å². The topological polar surface area (TPSA) is 113 Å². The quantitative estimate of drug-likeness (QED) is 0.696. The molecule has 3 unspecified atom stereocenters. The first-order valence-electron chi connectivity index (χ1n) is 7.37. The maximum atomic E-state index is 12.3. The van der Waals surface area contributed by atoms with Gasteiger partial charge in [-0.2, -0.15) is 0 Å². The molecule has 7 heteroatoms. The van der Waals surface area contributed by atoms with Crippen molar-refractivity contribution in [2.75, 3.05) is 6.54 Å². The Morgan fingerprint density at radius 1 is 1.38 bits per heavy atom. The van der Waals surface area contributed by atoms with Crippen molar-refractivity contribution in [2.24, 2.45) is 17.6 Å². The third-order valence-electron chi connectivity index (χ3n) is 4.09. The number of nitrogens with one attached hydrogen (secondary N) is 1. The summed E-state index contributed by atoms with van der Waals surface area (Å²) in [5, 5.41) is 11.9. The van der Waals surface area contributed by atoms with Crippen molar-refractivity contribution < 1.29 is 19.5 Å². The first kappa shape index (κ1) is 17.3. The molecule has 1 fully saturated rings. The van der Waals surface area contributed by atoms with Crippen LogP contribution in [0.15, 0.2) is 0 Å². The number of likely N-dealkylation sites (tertiary alicyclic amines) is 1. The van der Waals surface area contributed by atoms with E-state index in [-0.39, 0.29) is 5.92 Å². The summed E-state index contributed by atoms with van der Waals surface area (Å²) in [7, 11) is 0. The number of carboxylic acids is 1. The van der Waals surface area contributed by atoms with E-state index in [0.717, 1.165) is 12.8 Å². The smallest absolute Gasteiger partial charge is 0.326 e. The third kappa shape index (κ3) is 4.34. The number of carboxylic acid groups (broad SMARTS) is 1. The van der Waals surface area contributed by atoms with Gasteiger partial charge >= 0.3 is 12.0 Å². The van der Waals surface area contributed by atoms with E-state index >= 15 is 0 Å². The summed E-state index contributed by atoms with van der Waals surface area (Å²) in [6.45, 7) is 5.94. The van der Waals surface area contributed by atoms with Gasteiger partial charge in [-0.05, 0) is 24.7 Å². The maximum Gasteiger partial charge on any atom is 0.326 e. The van der Waals surface area contributed by atoms with Crippen LogP contribution in [0, 0.1) is 11.8 Å². The molecular formula is C14H25N3O4. The Kier molecular flexibility index (Phi) is 5.99. The van der Waals surface area contributed by atoms with Crippen molar-refractivity contribution in [1.29, 1.82) is 0 Å². The van der Waals surface area contributed by atoms with Gasteiger partial charge in [0.1, 0.15) is 12.1 Å². The van der Waals surface area contributed by atoms with Gasteiger partial charge in [0.2, 0.25) is 5.91 Å². The van der Waals surface area contributed by atoms with E-state index in [9.17, 15) is 19.5 Å². The second-order valence-electron chi connectivity index (χ2n) is 5.92. The van der Waals surface area contributed by atoms with Crippen molar-refractivity contribution in [3.63, 3.8) is 0 Å². The van der Waals surface area contributed by atoms with Gasteiger partial charge < -0.3 is 21.1 Å². The number of carbonyl (C=O) groups excluding carboxylic acids is 2. The molecule has 0 radical (unpaired) electrons. The minimum absolute atomic E-state index is 0.150. The molecule has 1 saturated heterocycles. The number of primary amides is 1. The highest BCUT2D eigenvalue weighted by Gasteiger charge is 2.37. The highest BCUT2D eigenvalue weighted by atomic mass is 16.4. The molecule has 0 saturated carbocycles. The predicted molar refractivity (Wildman–Crippen MR) is 77.5 cm³/mol. The second kappa shape index (κ2) is 7.28. The van der Waals surface area contributed by atoms with E-state index in [0.29, 0.717) is 18.9 Å². The Hall–Kier alpha value is -1.79. The molecule has 0 aromatic carbocycles. The average molecular weight is 299 g/mol. The van der Waals surface area contributed by atoms with Crippen molar-refractivity contribution in [3.8, 4) is 0 Å². The molecule has 21 heavy (non-hydrogen) atoms. The number of urea groups is 1. The SMILES string of the molecule is CCC1CCN(C(=O)NC(C(N)=O)C(C)C)C(C(=O)O)C1. The van der Waals surface area contributed by atoms with Crippen molar-refractivity contribution >= 4 is 17.9 Å². The minimum atomic E-state index is -1.01. The van der Waals surface area contributed by atoms with Gasteiger partial charge in [0.05, 0.1) is 0 Å². The largest absolute Gasteiger partial charge is 0.480 e. The number of hydrogen-bond donors (Lipinski definition) is 3. The first-order valence-corrected chi connectivity index (χ1v) is 7.37. The third-order valence-corrected chi connectivity index (χ3v) is 4.09. The molecule has 3 amide bonds. The van der Waals surface area contributed by atoms with E-state index in [4.69, 9.17) is 5.73 Å². The van der Waals surface area contributed by atoms with Gasteiger partial charge in [-0.1, -0.05) is 27.2 Å². The molecule has 0 spiro atoms. The van der Waals surface area contributed by atoms with Gasteiger partial charge in [-0.15, -0.1) is 0 Å². The molecule has 7 nitrogen and oxygen atoms in total. The summed E-state index contributed by atoms with van der Waals surface area (Å²) in [5.41, 5.74) is 5.27. The molecule has 1 rings (SSSR count). The van der Waals surface area contributed by atoms with E-state index in [1.165, 1.54) is 4.90 Å². The summed E-state index contributed by atoms with van der Waals surface area (Å²) in [5.74, 6) is -1.47. The number of nitrogens with two attached hydrogens (primary N) is 1. The van der Waals surface area contributed by atoms with Gasteiger partial charge in [0.15, 0.2) is 0 Å². The van der Waals surface area contributed by atoms with Crippen LogP contribution in [0.25, 0.3) is 0 Å². The Morgan fingerprint density at radius 3 is 2.43 bits per heavy atom. The maximum absolute atomic E-state index is 12.3. The van der Waals surface area contributed by atoms with E-state index in [1.807, 2.05) is 6.92 Å². The van der Waals surface area contributed by atoms with Crippen LogP contribution in [0.1, 0.15) is 40.0 Å². The van der Waals surface area contributed by atoms with E-state index in [2.05, 4.69) is 5.32 Å². The first-order chi connectivity index (χ1) is 9.77. The highest BCUT2D eigenvalue weighted by molar-refractivity contribution is 5.88. The Labute approximate surface area is 124 Å². The minimum Gasteiger partial charge on any atom is -0.480 e. The lowest BCUT2D eigenvalue weighted by Crippen LogP contribution is -2.58. The fourth-order valence-corrected chi connectivity index (χ4v) is 2.67.